The highest BCUT2D eigenvalue weighted by atomic mass is 16.5. The van der Waals surface area contributed by atoms with Crippen LogP contribution >= 0.6 is 0 Å². The lowest BCUT2D eigenvalue weighted by Crippen LogP contribution is -2.57. The number of ether oxygens (including phenoxy) is 1. The number of morpholine rings is 1. The van der Waals surface area contributed by atoms with E-state index in [2.05, 4.69) is 26.8 Å². The van der Waals surface area contributed by atoms with Crippen molar-refractivity contribution in [2.75, 3.05) is 50.8 Å². The number of benzene rings is 1. The Morgan fingerprint density at radius 1 is 1.04 bits per heavy atom. The molecule has 1 amide bonds. The fourth-order valence-electron chi connectivity index (χ4n) is 4.90. The molecule has 1 aromatic carbocycles. The van der Waals surface area contributed by atoms with Crippen molar-refractivity contribution in [2.24, 2.45) is 5.92 Å². The third-order valence-corrected chi connectivity index (χ3v) is 6.32. The van der Waals surface area contributed by atoms with Crippen LogP contribution in [-0.4, -0.2) is 67.7 Å². The van der Waals surface area contributed by atoms with Crippen LogP contribution in [0.25, 0.3) is 0 Å². The van der Waals surface area contributed by atoms with E-state index in [1.807, 2.05) is 6.07 Å². The average Bonchev–Trinajstić information content (AvgIpc) is 2.99. The lowest BCUT2D eigenvalue weighted by atomic mass is 9.83. The molecule has 0 saturated carbocycles. The highest BCUT2D eigenvalue weighted by molar-refractivity contribution is 5.99. The summed E-state index contributed by atoms with van der Waals surface area (Å²) < 4.78 is 5.45. The lowest BCUT2D eigenvalue weighted by molar-refractivity contribution is 0.00846. The molecule has 0 spiro atoms. The van der Waals surface area contributed by atoms with Gasteiger partial charge in [-0.2, -0.15) is 0 Å². The van der Waals surface area contributed by atoms with E-state index in [1.54, 1.807) is 0 Å². The van der Waals surface area contributed by atoms with Gasteiger partial charge in [-0.05, 0) is 55.6 Å². The summed E-state index contributed by atoms with van der Waals surface area (Å²) in [7, 11) is 0. The number of hydrogen-bond donors (Lipinski definition) is 0. The van der Waals surface area contributed by atoms with Gasteiger partial charge in [-0.25, -0.2) is 0 Å². The number of hydrogen-bond acceptors (Lipinski definition) is 4. The van der Waals surface area contributed by atoms with Gasteiger partial charge in [0.15, 0.2) is 0 Å². The van der Waals surface area contributed by atoms with Crippen LogP contribution in [0.4, 0.5) is 5.69 Å². The van der Waals surface area contributed by atoms with Gasteiger partial charge in [-0.1, -0.05) is 0 Å². The normalized spacial score (nSPS) is 32.3. The van der Waals surface area contributed by atoms with Gasteiger partial charge in [0.2, 0.25) is 0 Å². The molecule has 5 heterocycles. The van der Waals surface area contributed by atoms with E-state index < -0.39 is 0 Å². The Bertz CT molecular complexity index is 648. The molecule has 4 saturated heterocycles. The van der Waals surface area contributed by atoms with Crippen LogP contribution in [0.1, 0.15) is 28.8 Å². The fourth-order valence-corrected chi connectivity index (χ4v) is 4.90. The zero-order valence-electron chi connectivity index (χ0n) is 14.1. The Hall–Kier alpha value is -1.59. The Balaban J connectivity index is 1.38. The Morgan fingerprint density at radius 3 is 2.54 bits per heavy atom. The second-order valence-corrected chi connectivity index (χ2v) is 7.58. The summed E-state index contributed by atoms with van der Waals surface area (Å²) in [4.78, 5) is 20.0. The van der Waals surface area contributed by atoms with E-state index in [-0.39, 0.29) is 5.91 Å². The van der Waals surface area contributed by atoms with Gasteiger partial charge in [0.25, 0.3) is 5.91 Å². The fraction of sp³-hybridized carbons (Fsp3) is 0.632. The molecule has 1 atom stereocenters. The first-order valence-electron chi connectivity index (χ1n) is 9.28. The molecular weight excluding hydrogens is 302 g/mol. The first-order chi connectivity index (χ1) is 11.8. The van der Waals surface area contributed by atoms with Gasteiger partial charge in [0.05, 0.1) is 13.2 Å². The highest BCUT2D eigenvalue weighted by Crippen LogP contribution is 2.36. The van der Waals surface area contributed by atoms with E-state index in [4.69, 9.17) is 4.74 Å². The van der Waals surface area contributed by atoms with E-state index in [0.717, 1.165) is 45.0 Å². The SMILES string of the molecule is O=C1c2ccc(N3CCOCC3)cc2CN1[C@H]1CN2CCC1CC2. The van der Waals surface area contributed by atoms with Crippen molar-refractivity contribution < 1.29 is 9.53 Å². The number of nitrogens with zero attached hydrogens (tertiary/aromatic N) is 3. The van der Waals surface area contributed by atoms with Gasteiger partial charge in [0.1, 0.15) is 0 Å². The van der Waals surface area contributed by atoms with E-state index in [9.17, 15) is 4.79 Å². The second-order valence-electron chi connectivity index (χ2n) is 7.58. The Morgan fingerprint density at radius 2 is 1.83 bits per heavy atom. The van der Waals surface area contributed by atoms with Crippen LogP contribution < -0.4 is 4.90 Å². The maximum Gasteiger partial charge on any atom is 0.254 e. The van der Waals surface area contributed by atoms with Crippen molar-refractivity contribution in [1.82, 2.24) is 9.80 Å². The minimum Gasteiger partial charge on any atom is -0.378 e. The molecule has 0 aromatic heterocycles. The van der Waals surface area contributed by atoms with Crippen molar-refractivity contribution in [1.29, 1.82) is 0 Å². The van der Waals surface area contributed by atoms with Crippen molar-refractivity contribution in [3.63, 3.8) is 0 Å². The topological polar surface area (TPSA) is 36.0 Å². The highest BCUT2D eigenvalue weighted by Gasteiger charge is 2.42. The number of anilines is 1. The maximum atomic E-state index is 12.9. The zero-order valence-corrected chi connectivity index (χ0v) is 14.1. The van der Waals surface area contributed by atoms with Crippen molar-refractivity contribution in [2.45, 2.75) is 25.4 Å². The number of fused-ring (bicyclic) bond motifs is 4. The largest absolute Gasteiger partial charge is 0.378 e. The number of carbonyl (C=O) groups is 1. The second kappa shape index (κ2) is 5.74. The minimum absolute atomic E-state index is 0.247. The Kier molecular flexibility index (Phi) is 3.52. The molecule has 128 valence electrons. The summed E-state index contributed by atoms with van der Waals surface area (Å²) >= 11 is 0. The summed E-state index contributed by atoms with van der Waals surface area (Å²) in [6.07, 6.45) is 2.51. The molecular formula is C19H25N3O2. The zero-order chi connectivity index (χ0) is 16.1. The standard InChI is InChI=1S/C19H25N3O2/c23-19-17-2-1-16(21-7-9-24-10-8-21)11-15(17)12-22(19)18-13-20-5-3-14(18)4-6-20/h1-2,11,14,18H,3-10,12-13H2/t18-/m0/s1. The average molecular weight is 327 g/mol. The minimum atomic E-state index is 0.247. The molecule has 24 heavy (non-hydrogen) atoms. The molecule has 0 aliphatic carbocycles. The summed E-state index contributed by atoms with van der Waals surface area (Å²) in [5.41, 5.74) is 3.37. The predicted molar refractivity (Wildman–Crippen MR) is 92.3 cm³/mol. The van der Waals surface area contributed by atoms with Gasteiger partial charge >= 0.3 is 0 Å². The molecule has 5 heteroatoms. The van der Waals surface area contributed by atoms with Crippen LogP contribution in [0.3, 0.4) is 0 Å². The van der Waals surface area contributed by atoms with Crippen LogP contribution in [0.5, 0.6) is 0 Å². The molecule has 0 N–H and O–H groups in total. The first-order valence-corrected chi connectivity index (χ1v) is 9.28. The summed E-state index contributed by atoms with van der Waals surface area (Å²) in [5, 5.41) is 0. The van der Waals surface area contributed by atoms with Gasteiger partial charge in [-0.3, -0.25) is 4.79 Å². The van der Waals surface area contributed by atoms with Gasteiger partial charge < -0.3 is 19.4 Å². The number of piperidine rings is 3. The number of amides is 1. The molecule has 5 nitrogen and oxygen atoms in total. The molecule has 1 aromatic rings. The summed E-state index contributed by atoms with van der Waals surface area (Å²) in [5.74, 6) is 0.948. The van der Waals surface area contributed by atoms with Crippen LogP contribution in [0, 0.1) is 5.92 Å². The monoisotopic (exact) mass is 327 g/mol. The summed E-state index contributed by atoms with van der Waals surface area (Å²) in [6.45, 7) is 7.77. The van der Waals surface area contributed by atoms with Crippen molar-refractivity contribution >= 4 is 11.6 Å². The van der Waals surface area contributed by atoms with Crippen molar-refractivity contribution in [3.05, 3.63) is 29.3 Å². The number of carbonyl (C=O) groups excluding carboxylic acids is 1. The van der Waals surface area contributed by atoms with Gasteiger partial charge in [0, 0.05) is 43.5 Å². The van der Waals surface area contributed by atoms with Crippen LogP contribution in [0.15, 0.2) is 18.2 Å². The molecule has 5 aliphatic rings. The predicted octanol–water partition coefficient (Wildman–Crippen LogP) is 1.57. The Labute approximate surface area is 143 Å². The molecule has 0 radical (unpaired) electrons. The third kappa shape index (κ3) is 2.33. The van der Waals surface area contributed by atoms with Crippen LogP contribution in [0.2, 0.25) is 0 Å². The van der Waals surface area contributed by atoms with E-state index in [0.29, 0.717) is 12.0 Å². The molecule has 4 fully saturated rings. The molecule has 0 unspecified atom stereocenters. The smallest absolute Gasteiger partial charge is 0.254 e. The summed E-state index contributed by atoms with van der Waals surface area (Å²) in [6, 6.07) is 6.81. The van der Waals surface area contributed by atoms with E-state index >= 15 is 0 Å². The number of rotatable bonds is 2. The van der Waals surface area contributed by atoms with Gasteiger partial charge in [-0.15, -0.1) is 0 Å². The first kappa shape index (κ1) is 14.7. The van der Waals surface area contributed by atoms with E-state index in [1.165, 1.54) is 37.2 Å². The van der Waals surface area contributed by atoms with Crippen molar-refractivity contribution in [3.8, 4) is 0 Å². The molecule has 2 bridgehead atoms. The third-order valence-electron chi connectivity index (χ3n) is 6.32. The van der Waals surface area contributed by atoms with Crippen LogP contribution in [-0.2, 0) is 11.3 Å². The lowest BCUT2D eigenvalue weighted by Gasteiger charge is -2.48. The quantitative estimate of drug-likeness (QED) is 0.826. The maximum absolute atomic E-state index is 12.9. The molecule has 5 aliphatic heterocycles. The molecule has 6 rings (SSSR count).